The summed E-state index contributed by atoms with van der Waals surface area (Å²) in [5, 5.41) is 0. The van der Waals surface area contributed by atoms with Crippen LogP contribution in [0.25, 0.3) is 11.7 Å². The van der Waals surface area contributed by atoms with Crippen LogP contribution in [0, 0.1) is 11.8 Å². The Hall–Kier alpha value is -2.19. The molecule has 2 aliphatic heterocycles. The van der Waals surface area contributed by atoms with Crippen molar-refractivity contribution < 1.29 is 4.79 Å². The zero-order valence-electron chi connectivity index (χ0n) is 18.2. The third-order valence-electron chi connectivity index (χ3n) is 5.80. The van der Waals surface area contributed by atoms with E-state index in [0.717, 1.165) is 32.4 Å². The number of piperidine rings is 1. The van der Waals surface area contributed by atoms with Crippen LogP contribution in [0.1, 0.15) is 45.6 Å². The van der Waals surface area contributed by atoms with Crippen molar-refractivity contribution in [3.63, 3.8) is 0 Å². The summed E-state index contributed by atoms with van der Waals surface area (Å²) in [5.41, 5.74) is 0.910. The molecule has 31 heavy (non-hydrogen) atoms. The summed E-state index contributed by atoms with van der Waals surface area (Å²) < 4.78 is 2.10. The minimum atomic E-state index is -0.162. The molecule has 6 nitrogen and oxygen atoms in total. The summed E-state index contributed by atoms with van der Waals surface area (Å²) in [4.78, 5) is 35.7. The van der Waals surface area contributed by atoms with Crippen LogP contribution in [0.5, 0.6) is 0 Å². The van der Waals surface area contributed by atoms with E-state index in [-0.39, 0.29) is 11.5 Å². The number of pyridine rings is 1. The highest BCUT2D eigenvalue weighted by Gasteiger charge is 2.33. The summed E-state index contributed by atoms with van der Waals surface area (Å²) in [6.07, 6.45) is 6.48. The zero-order valence-corrected chi connectivity index (χ0v) is 19.8. The van der Waals surface area contributed by atoms with Crippen LogP contribution in [-0.4, -0.2) is 44.1 Å². The van der Waals surface area contributed by atoms with Gasteiger partial charge in [-0.2, -0.15) is 0 Å². The largest absolute Gasteiger partial charge is 0.355 e. The summed E-state index contributed by atoms with van der Waals surface area (Å²) in [6, 6.07) is 5.54. The molecule has 164 valence electrons. The Morgan fingerprint density at radius 1 is 1.23 bits per heavy atom. The van der Waals surface area contributed by atoms with E-state index >= 15 is 0 Å². The lowest BCUT2D eigenvalue weighted by atomic mass is 9.91. The number of thiocarbonyl (C=S) groups is 1. The van der Waals surface area contributed by atoms with Crippen LogP contribution in [0.4, 0.5) is 5.82 Å². The van der Waals surface area contributed by atoms with E-state index in [2.05, 4.69) is 25.7 Å². The summed E-state index contributed by atoms with van der Waals surface area (Å²) in [5.74, 6) is 1.57. The van der Waals surface area contributed by atoms with Gasteiger partial charge >= 0.3 is 0 Å². The van der Waals surface area contributed by atoms with Gasteiger partial charge in [0.1, 0.15) is 15.8 Å². The number of carbonyl (C=O) groups is 1. The van der Waals surface area contributed by atoms with Crippen LogP contribution < -0.4 is 10.5 Å². The highest BCUT2D eigenvalue weighted by atomic mass is 32.2. The van der Waals surface area contributed by atoms with Gasteiger partial charge in [-0.25, -0.2) is 4.98 Å². The molecule has 0 spiro atoms. The highest BCUT2D eigenvalue weighted by Crippen LogP contribution is 2.34. The third-order valence-corrected chi connectivity index (χ3v) is 7.18. The van der Waals surface area contributed by atoms with Crippen LogP contribution in [-0.2, 0) is 4.79 Å². The molecule has 8 heteroatoms. The fourth-order valence-corrected chi connectivity index (χ4v) is 5.72. The average molecular weight is 457 g/mol. The maximum atomic E-state index is 13.5. The molecule has 0 aromatic carbocycles. The molecular formula is C23H28N4O2S2. The standard InChI is InChI=1S/C23H28N4O2S2/c1-4-5-9-27-22(29)18(31-23(27)30)12-17-20(25-13-15(2)11-16(3)14-25)24-19-8-6-7-10-26(19)21(17)28/h6-8,10,12,15-16H,4-5,9,11,13-14H2,1-3H3. The van der Waals surface area contributed by atoms with Gasteiger partial charge in [0, 0.05) is 25.8 Å². The first-order valence-corrected chi connectivity index (χ1v) is 12.1. The van der Waals surface area contributed by atoms with Gasteiger partial charge < -0.3 is 4.90 Å². The first kappa shape index (κ1) is 22.0. The van der Waals surface area contributed by atoms with Gasteiger partial charge in [-0.15, -0.1) is 0 Å². The van der Waals surface area contributed by atoms with E-state index in [9.17, 15) is 9.59 Å². The normalized spacial score (nSPS) is 23.4. The Balaban J connectivity index is 1.82. The number of amides is 1. The van der Waals surface area contributed by atoms with Crippen molar-refractivity contribution in [1.29, 1.82) is 0 Å². The molecule has 4 heterocycles. The fraction of sp³-hybridized carbons (Fsp3) is 0.478. The second kappa shape index (κ2) is 9.12. The molecule has 0 saturated carbocycles. The van der Waals surface area contributed by atoms with E-state index in [1.54, 1.807) is 21.6 Å². The summed E-state index contributed by atoms with van der Waals surface area (Å²) in [6.45, 7) is 8.85. The SMILES string of the molecule is CCCCN1C(=O)C(=Cc2c(N3CC(C)CC(C)C3)nc3ccccn3c2=O)SC1=S. The molecule has 0 N–H and O–H groups in total. The number of carbonyl (C=O) groups excluding carboxylic acids is 1. The number of aromatic nitrogens is 2. The van der Waals surface area contributed by atoms with Crippen molar-refractivity contribution >= 4 is 51.7 Å². The molecule has 2 saturated heterocycles. The monoisotopic (exact) mass is 456 g/mol. The van der Waals surface area contributed by atoms with Crippen molar-refractivity contribution in [2.75, 3.05) is 24.5 Å². The Morgan fingerprint density at radius 2 is 1.97 bits per heavy atom. The lowest BCUT2D eigenvalue weighted by molar-refractivity contribution is -0.122. The van der Waals surface area contributed by atoms with E-state index in [1.807, 2.05) is 18.2 Å². The fourth-order valence-electron chi connectivity index (χ4n) is 4.43. The van der Waals surface area contributed by atoms with Crippen molar-refractivity contribution in [3.8, 4) is 0 Å². The second-order valence-corrected chi connectivity index (χ2v) is 10.3. The molecule has 4 rings (SSSR count). The molecule has 0 bridgehead atoms. The molecule has 2 aromatic heterocycles. The maximum Gasteiger partial charge on any atom is 0.267 e. The molecular weight excluding hydrogens is 428 g/mol. The second-order valence-electron chi connectivity index (χ2n) is 8.62. The predicted molar refractivity (Wildman–Crippen MR) is 131 cm³/mol. The minimum Gasteiger partial charge on any atom is -0.355 e. The number of unbranched alkanes of at least 4 members (excludes halogenated alkanes) is 1. The number of thioether (sulfide) groups is 1. The number of fused-ring (bicyclic) bond motifs is 1. The Labute approximate surface area is 192 Å². The van der Waals surface area contributed by atoms with Gasteiger partial charge in [-0.1, -0.05) is 57.2 Å². The topological polar surface area (TPSA) is 57.9 Å². The molecule has 0 aliphatic carbocycles. The minimum absolute atomic E-state index is 0.118. The van der Waals surface area contributed by atoms with Crippen LogP contribution in [0.15, 0.2) is 34.1 Å². The molecule has 0 radical (unpaired) electrons. The van der Waals surface area contributed by atoms with E-state index in [0.29, 0.717) is 44.6 Å². The number of rotatable bonds is 5. The first-order chi connectivity index (χ1) is 14.9. The van der Waals surface area contributed by atoms with Gasteiger partial charge in [-0.3, -0.25) is 18.9 Å². The smallest absolute Gasteiger partial charge is 0.267 e. The maximum absolute atomic E-state index is 13.5. The van der Waals surface area contributed by atoms with Crippen molar-refractivity contribution in [2.24, 2.45) is 11.8 Å². The molecule has 2 atom stereocenters. The number of anilines is 1. The van der Waals surface area contributed by atoms with Crippen LogP contribution >= 0.6 is 24.0 Å². The summed E-state index contributed by atoms with van der Waals surface area (Å²) in [7, 11) is 0. The van der Waals surface area contributed by atoms with E-state index in [1.165, 1.54) is 11.8 Å². The van der Waals surface area contributed by atoms with Crippen LogP contribution in [0.2, 0.25) is 0 Å². The van der Waals surface area contributed by atoms with Gasteiger partial charge in [0.2, 0.25) is 0 Å². The molecule has 2 unspecified atom stereocenters. The number of hydrogen-bond donors (Lipinski definition) is 0. The van der Waals surface area contributed by atoms with E-state index in [4.69, 9.17) is 17.2 Å². The third kappa shape index (κ3) is 4.41. The summed E-state index contributed by atoms with van der Waals surface area (Å²) >= 11 is 6.71. The van der Waals surface area contributed by atoms with Gasteiger partial charge in [0.15, 0.2) is 0 Å². The Morgan fingerprint density at radius 3 is 2.68 bits per heavy atom. The van der Waals surface area contributed by atoms with Crippen molar-refractivity contribution in [2.45, 2.75) is 40.0 Å². The number of nitrogens with zero attached hydrogens (tertiary/aromatic N) is 4. The molecule has 2 fully saturated rings. The van der Waals surface area contributed by atoms with E-state index < -0.39 is 0 Å². The highest BCUT2D eigenvalue weighted by molar-refractivity contribution is 8.26. The number of hydrogen-bond acceptors (Lipinski definition) is 6. The van der Waals surface area contributed by atoms with Gasteiger partial charge in [0.25, 0.3) is 11.5 Å². The van der Waals surface area contributed by atoms with Gasteiger partial charge in [0.05, 0.1) is 10.5 Å². The lowest BCUT2D eigenvalue weighted by Crippen LogP contribution is -2.40. The van der Waals surface area contributed by atoms with Crippen molar-refractivity contribution in [3.05, 3.63) is 45.2 Å². The Kier molecular flexibility index (Phi) is 6.48. The first-order valence-electron chi connectivity index (χ1n) is 10.9. The zero-order chi connectivity index (χ0) is 22.1. The Bertz CT molecular complexity index is 1100. The quantitative estimate of drug-likeness (QED) is 0.497. The average Bonchev–Trinajstić information content (AvgIpc) is 3.00. The molecule has 2 aliphatic rings. The van der Waals surface area contributed by atoms with Crippen LogP contribution in [0.3, 0.4) is 0 Å². The molecule has 1 amide bonds. The van der Waals surface area contributed by atoms with Gasteiger partial charge in [-0.05, 0) is 42.9 Å². The lowest BCUT2D eigenvalue weighted by Gasteiger charge is -2.36. The van der Waals surface area contributed by atoms with Crippen molar-refractivity contribution in [1.82, 2.24) is 14.3 Å². The predicted octanol–water partition coefficient (Wildman–Crippen LogP) is 4.18. The molecule has 2 aromatic rings.